The first kappa shape index (κ1) is 16.8. The molecule has 1 aromatic carbocycles. The third-order valence-electron chi connectivity index (χ3n) is 3.47. The average Bonchev–Trinajstić information content (AvgIpc) is 2.46. The standard InChI is InChI=1S/C17H21NO.ClH/c1-3-4-17(18-11-13-19-14-12-18)10-9-16-7-5-15(2)6-8-16;/h3,5-8,17H,1,4,11-14H2,2H3;1H. The molecule has 0 spiro atoms. The number of aryl methyl sites for hydroxylation is 1. The van der Waals surface area contributed by atoms with Crippen LogP contribution in [0.3, 0.4) is 0 Å². The fourth-order valence-corrected chi connectivity index (χ4v) is 2.28. The molecular weight excluding hydrogens is 270 g/mol. The van der Waals surface area contributed by atoms with E-state index in [9.17, 15) is 0 Å². The number of rotatable bonds is 3. The van der Waals surface area contributed by atoms with Crippen molar-refractivity contribution in [2.75, 3.05) is 26.3 Å². The molecule has 1 fully saturated rings. The van der Waals surface area contributed by atoms with Gasteiger partial charge >= 0.3 is 0 Å². The number of morpholine rings is 1. The van der Waals surface area contributed by atoms with Crippen LogP contribution in [0.2, 0.25) is 0 Å². The lowest BCUT2D eigenvalue weighted by Crippen LogP contribution is -3.17. The second-order valence-electron chi connectivity index (χ2n) is 4.98. The Hall–Kier alpha value is -1.27. The molecule has 0 radical (unpaired) electrons. The second-order valence-corrected chi connectivity index (χ2v) is 4.98. The lowest BCUT2D eigenvalue weighted by atomic mass is 10.1. The summed E-state index contributed by atoms with van der Waals surface area (Å²) in [6.45, 7) is 9.71. The summed E-state index contributed by atoms with van der Waals surface area (Å²) in [6.07, 6.45) is 2.91. The van der Waals surface area contributed by atoms with Crippen molar-refractivity contribution >= 4 is 0 Å². The maximum absolute atomic E-state index is 5.41. The molecule has 1 atom stereocenters. The fourth-order valence-electron chi connectivity index (χ4n) is 2.28. The van der Waals surface area contributed by atoms with Crippen LogP contribution in [0, 0.1) is 18.8 Å². The summed E-state index contributed by atoms with van der Waals surface area (Å²) in [5.41, 5.74) is 2.36. The van der Waals surface area contributed by atoms with E-state index in [1.54, 1.807) is 0 Å². The van der Waals surface area contributed by atoms with Gasteiger partial charge in [0.1, 0.15) is 13.1 Å². The number of halogens is 1. The molecule has 1 aliphatic heterocycles. The molecule has 108 valence electrons. The molecule has 3 heteroatoms. The predicted octanol–water partition coefficient (Wildman–Crippen LogP) is -1.79. The minimum Gasteiger partial charge on any atom is -1.00 e. The number of benzene rings is 1. The van der Waals surface area contributed by atoms with E-state index in [1.807, 2.05) is 6.08 Å². The smallest absolute Gasteiger partial charge is 0.153 e. The van der Waals surface area contributed by atoms with Crippen molar-refractivity contribution in [3.8, 4) is 11.8 Å². The van der Waals surface area contributed by atoms with Gasteiger partial charge < -0.3 is 22.0 Å². The van der Waals surface area contributed by atoms with Gasteiger partial charge in [-0.05, 0) is 25.0 Å². The maximum Gasteiger partial charge on any atom is 0.153 e. The Morgan fingerprint density at radius 1 is 1.30 bits per heavy atom. The molecule has 1 unspecified atom stereocenters. The third kappa shape index (κ3) is 5.02. The van der Waals surface area contributed by atoms with E-state index >= 15 is 0 Å². The molecule has 2 rings (SSSR count). The van der Waals surface area contributed by atoms with Gasteiger partial charge in [-0.3, -0.25) is 0 Å². The van der Waals surface area contributed by atoms with Crippen molar-refractivity contribution in [3.05, 3.63) is 48.0 Å². The van der Waals surface area contributed by atoms with E-state index in [2.05, 4.69) is 49.6 Å². The van der Waals surface area contributed by atoms with Crippen LogP contribution >= 0.6 is 0 Å². The van der Waals surface area contributed by atoms with Gasteiger partial charge in [0.2, 0.25) is 0 Å². The van der Waals surface area contributed by atoms with Crippen molar-refractivity contribution in [2.45, 2.75) is 19.4 Å². The molecule has 0 saturated carbocycles. The summed E-state index contributed by atoms with van der Waals surface area (Å²) in [5.74, 6) is 6.71. The van der Waals surface area contributed by atoms with Crippen LogP contribution in [0.25, 0.3) is 0 Å². The van der Waals surface area contributed by atoms with Crippen molar-refractivity contribution < 1.29 is 22.0 Å². The summed E-state index contributed by atoms with van der Waals surface area (Å²) in [5, 5.41) is 0. The quantitative estimate of drug-likeness (QED) is 0.513. The van der Waals surface area contributed by atoms with Gasteiger partial charge in [0, 0.05) is 12.0 Å². The maximum atomic E-state index is 5.41. The highest BCUT2D eigenvalue weighted by Crippen LogP contribution is 2.01. The summed E-state index contributed by atoms with van der Waals surface area (Å²) >= 11 is 0. The van der Waals surface area contributed by atoms with E-state index in [0.29, 0.717) is 6.04 Å². The molecule has 1 aromatic rings. The van der Waals surface area contributed by atoms with Gasteiger partial charge in [0.15, 0.2) is 6.04 Å². The molecule has 2 nitrogen and oxygen atoms in total. The van der Waals surface area contributed by atoms with Crippen molar-refractivity contribution in [3.63, 3.8) is 0 Å². The molecular formula is C17H22ClNO. The highest BCUT2D eigenvalue weighted by molar-refractivity contribution is 5.36. The van der Waals surface area contributed by atoms with Gasteiger partial charge in [-0.15, -0.1) is 6.58 Å². The first-order chi connectivity index (χ1) is 9.29. The van der Waals surface area contributed by atoms with Crippen LogP contribution in [0.4, 0.5) is 0 Å². The van der Waals surface area contributed by atoms with E-state index in [-0.39, 0.29) is 12.4 Å². The monoisotopic (exact) mass is 291 g/mol. The molecule has 0 aliphatic carbocycles. The average molecular weight is 292 g/mol. The Balaban J connectivity index is 0.00000200. The minimum atomic E-state index is 0. The fraction of sp³-hybridized carbons (Fsp3) is 0.412. The summed E-state index contributed by atoms with van der Waals surface area (Å²) in [4.78, 5) is 1.52. The number of quaternary nitrogens is 1. The first-order valence-electron chi connectivity index (χ1n) is 6.91. The molecule has 1 saturated heterocycles. The van der Waals surface area contributed by atoms with Crippen LogP contribution in [-0.2, 0) is 4.74 Å². The largest absolute Gasteiger partial charge is 1.00 e. The Morgan fingerprint density at radius 3 is 2.55 bits per heavy atom. The predicted molar refractivity (Wildman–Crippen MR) is 78.2 cm³/mol. The van der Waals surface area contributed by atoms with Gasteiger partial charge in [-0.1, -0.05) is 29.7 Å². The Morgan fingerprint density at radius 2 is 1.95 bits per heavy atom. The van der Waals surface area contributed by atoms with Gasteiger partial charge in [-0.25, -0.2) is 0 Å². The van der Waals surface area contributed by atoms with Crippen LogP contribution in [0.1, 0.15) is 17.5 Å². The van der Waals surface area contributed by atoms with E-state index in [1.165, 1.54) is 10.5 Å². The molecule has 0 aromatic heterocycles. The zero-order valence-electron chi connectivity index (χ0n) is 12.0. The highest BCUT2D eigenvalue weighted by Gasteiger charge is 2.21. The lowest BCUT2D eigenvalue weighted by molar-refractivity contribution is -0.924. The van der Waals surface area contributed by atoms with Gasteiger partial charge in [0.05, 0.1) is 13.2 Å². The van der Waals surface area contributed by atoms with Gasteiger partial charge in [-0.2, -0.15) is 0 Å². The van der Waals surface area contributed by atoms with Crippen LogP contribution < -0.4 is 17.3 Å². The van der Waals surface area contributed by atoms with Crippen LogP contribution in [-0.4, -0.2) is 32.3 Å². The van der Waals surface area contributed by atoms with E-state index < -0.39 is 0 Å². The molecule has 1 aliphatic rings. The first-order valence-corrected chi connectivity index (χ1v) is 6.91. The van der Waals surface area contributed by atoms with Crippen LogP contribution in [0.5, 0.6) is 0 Å². The minimum absolute atomic E-state index is 0. The molecule has 1 N–H and O–H groups in total. The number of hydrogen-bond acceptors (Lipinski definition) is 1. The third-order valence-corrected chi connectivity index (χ3v) is 3.47. The second kappa shape index (κ2) is 8.81. The van der Waals surface area contributed by atoms with Gasteiger partial charge in [0.25, 0.3) is 0 Å². The molecule has 20 heavy (non-hydrogen) atoms. The van der Waals surface area contributed by atoms with Crippen LogP contribution in [0.15, 0.2) is 36.9 Å². The number of ether oxygens (including phenoxy) is 1. The Labute approximate surface area is 128 Å². The zero-order valence-corrected chi connectivity index (χ0v) is 12.7. The summed E-state index contributed by atoms with van der Waals surface area (Å²) < 4.78 is 5.41. The molecule has 0 bridgehead atoms. The van der Waals surface area contributed by atoms with Crippen molar-refractivity contribution in [1.29, 1.82) is 0 Å². The highest BCUT2D eigenvalue weighted by atomic mass is 35.5. The van der Waals surface area contributed by atoms with E-state index in [0.717, 1.165) is 38.3 Å². The zero-order chi connectivity index (χ0) is 13.5. The van der Waals surface area contributed by atoms with Crippen molar-refractivity contribution in [1.82, 2.24) is 0 Å². The summed E-state index contributed by atoms with van der Waals surface area (Å²) in [7, 11) is 0. The SMILES string of the molecule is C=CCC(C#Cc1ccc(C)cc1)[NH+]1CCOCC1.[Cl-]. The number of nitrogens with one attached hydrogen (secondary N) is 1. The van der Waals surface area contributed by atoms with Crippen molar-refractivity contribution in [2.24, 2.45) is 0 Å². The topological polar surface area (TPSA) is 13.7 Å². The lowest BCUT2D eigenvalue weighted by Gasteiger charge is -2.27. The molecule has 1 heterocycles. The molecule has 0 amide bonds. The summed E-state index contributed by atoms with van der Waals surface area (Å²) in [6, 6.07) is 8.72. The number of hydrogen-bond donors (Lipinski definition) is 1. The Kier molecular flexibility index (Phi) is 7.40. The Bertz CT molecular complexity index is 466. The normalized spacial score (nSPS) is 16.4. The van der Waals surface area contributed by atoms with E-state index in [4.69, 9.17) is 4.74 Å².